The first-order valence-corrected chi connectivity index (χ1v) is 0. The topological polar surface area (TPSA) is 30.5 Å². The predicted octanol–water partition coefficient (Wildman–Crippen LogP) is -0.783. The van der Waals surface area contributed by atoms with Crippen molar-refractivity contribution in [2.24, 2.45) is 0 Å². The zero-order valence-corrected chi connectivity index (χ0v) is 4.01. The summed E-state index contributed by atoms with van der Waals surface area (Å²) >= 11 is 0. The first kappa shape index (κ1) is 132. The third kappa shape index (κ3) is 16.0. The summed E-state index contributed by atoms with van der Waals surface area (Å²) in [6.07, 6.45) is 0. The number of hydrogen-bond acceptors (Lipinski definition) is 0. The number of nitrogens with zero attached hydrogens (tertiary/aromatic N) is 1. The Bertz CT molecular complexity index is 8.00. The standard InChI is InChI=1S/C.Mn.N.Si. The molecule has 4 heavy (non-hydrogen) atoms. The van der Waals surface area contributed by atoms with Crippen molar-refractivity contribution in [2.75, 3.05) is 0 Å². The van der Waals surface area contributed by atoms with Crippen molar-refractivity contribution in [3.63, 3.8) is 0 Å². The summed E-state index contributed by atoms with van der Waals surface area (Å²) < 4.78 is 0. The minimum Gasteiger partial charge on any atom is 0 e. The van der Waals surface area contributed by atoms with Crippen LogP contribution >= 0.6 is 0 Å². The van der Waals surface area contributed by atoms with Crippen LogP contribution in [0.5, 0.6) is 0 Å². The van der Waals surface area contributed by atoms with E-state index >= 15 is 0 Å². The van der Waals surface area contributed by atoms with Crippen LogP contribution in [0, 0.1) is 7.43 Å². The molecule has 0 heterocycles. The minimum atomic E-state index is 0. The van der Waals surface area contributed by atoms with Crippen LogP contribution < -0.4 is 6.15 Å². The molecule has 0 saturated carbocycles. The SMILES string of the molecule is [C].[Mn].[N].[Si]. The zero-order chi connectivity index (χ0) is 0. The monoisotopic (exact) mass is 109 g/mol. The van der Waals surface area contributed by atoms with Crippen LogP contribution in [-0.2, 0) is 17.1 Å². The van der Waals surface area contributed by atoms with E-state index < -0.39 is 0 Å². The van der Waals surface area contributed by atoms with Crippen molar-refractivity contribution >= 4 is 11.0 Å². The van der Waals surface area contributed by atoms with E-state index in [9.17, 15) is 0 Å². The normalized spacial score (nSPS) is 0. The first-order valence-electron chi connectivity index (χ1n) is 0. The van der Waals surface area contributed by atoms with Gasteiger partial charge >= 0.3 is 0 Å². The summed E-state index contributed by atoms with van der Waals surface area (Å²) in [5.41, 5.74) is 0. The summed E-state index contributed by atoms with van der Waals surface area (Å²) in [4.78, 5) is 0. The molecule has 0 bridgehead atoms. The molecule has 0 aliphatic heterocycles. The minimum absolute atomic E-state index is 0. The predicted molar refractivity (Wildman–Crippen MR) is 11.1 cm³/mol. The van der Waals surface area contributed by atoms with Crippen molar-refractivity contribution < 1.29 is 17.1 Å². The van der Waals surface area contributed by atoms with E-state index in [4.69, 9.17) is 0 Å². The number of hydrogen-bond donors (Lipinski definition) is 0. The second kappa shape index (κ2) is 55.4. The van der Waals surface area contributed by atoms with Gasteiger partial charge in [-0.1, -0.05) is 0 Å². The average Bonchev–Trinajstić information content (AvgIpc) is 0. The molecule has 0 aromatic heterocycles. The van der Waals surface area contributed by atoms with Gasteiger partial charge < -0.3 is 0 Å². The molecular formula is CMnNSi. The smallest absolute Gasteiger partial charge is 0 e. The molecule has 1 nitrogen and oxygen atoms in total. The molecule has 0 aromatic rings. The van der Waals surface area contributed by atoms with E-state index in [-0.39, 0.29) is 41.6 Å². The third-order valence-electron chi connectivity index (χ3n) is 0. The molecule has 0 unspecified atom stereocenters. The summed E-state index contributed by atoms with van der Waals surface area (Å²) in [6.45, 7) is 0. The molecule has 0 N–H and O–H groups in total. The second-order valence-corrected chi connectivity index (χ2v) is 0. The van der Waals surface area contributed by atoms with Crippen molar-refractivity contribution in [3.8, 4) is 0 Å². The Hall–Kier alpha value is 0.696. The fraction of sp³-hybridized carbons (Fsp3) is 0. The molecule has 3 heteroatoms. The van der Waals surface area contributed by atoms with Crippen LogP contribution in [0.2, 0.25) is 0 Å². The Morgan fingerprint density at radius 1 is 1.00 bits per heavy atom. The molecule has 0 aromatic carbocycles. The summed E-state index contributed by atoms with van der Waals surface area (Å²) in [5.74, 6) is 0. The van der Waals surface area contributed by atoms with Crippen LogP contribution in [0.4, 0.5) is 0 Å². The summed E-state index contributed by atoms with van der Waals surface area (Å²) in [5, 5.41) is 0. The van der Waals surface area contributed by atoms with E-state index in [0.29, 0.717) is 0 Å². The van der Waals surface area contributed by atoms with Gasteiger partial charge in [0.25, 0.3) is 0 Å². The quantitative estimate of drug-likeness (QED) is 0.365. The fourth-order valence-corrected chi connectivity index (χ4v) is 0. The van der Waals surface area contributed by atoms with E-state index in [1.807, 2.05) is 0 Å². The van der Waals surface area contributed by atoms with Gasteiger partial charge in [-0.05, 0) is 0 Å². The Kier molecular flexibility index (Phi) is 1830. The maximum atomic E-state index is 0. The fourth-order valence-electron chi connectivity index (χ4n) is 0. The van der Waals surface area contributed by atoms with Crippen LogP contribution in [0.25, 0.3) is 0 Å². The van der Waals surface area contributed by atoms with E-state index in [0.717, 1.165) is 0 Å². The van der Waals surface area contributed by atoms with Crippen molar-refractivity contribution in [1.29, 1.82) is 0 Å². The third-order valence-corrected chi connectivity index (χ3v) is 0. The molecule has 0 atom stereocenters. The zero-order valence-electron chi connectivity index (χ0n) is 1.83. The Balaban J connectivity index is 0. The van der Waals surface area contributed by atoms with Gasteiger partial charge in [0.2, 0.25) is 0 Å². The van der Waals surface area contributed by atoms with E-state index in [2.05, 4.69) is 0 Å². The van der Waals surface area contributed by atoms with Gasteiger partial charge in [-0.15, -0.1) is 0 Å². The number of rotatable bonds is 0. The van der Waals surface area contributed by atoms with E-state index in [1.54, 1.807) is 0 Å². The van der Waals surface area contributed by atoms with Crippen LogP contribution in [-0.4, -0.2) is 11.0 Å². The molecule has 12 radical (unpaired) electrons. The van der Waals surface area contributed by atoms with Crippen molar-refractivity contribution in [3.05, 3.63) is 7.43 Å². The second-order valence-electron chi connectivity index (χ2n) is 0. The van der Waals surface area contributed by atoms with Crippen LogP contribution in [0.15, 0.2) is 0 Å². The van der Waals surface area contributed by atoms with Gasteiger partial charge in [0.15, 0.2) is 0 Å². The summed E-state index contributed by atoms with van der Waals surface area (Å²) in [7, 11) is 0. The van der Waals surface area contributed by atoms with E-state index in [1.165, 1.54) is 0 Å². The van der Waals surface area contributed by atoms with Crippen LogP contribution in [0.3, 0.4) is 0 Å². The van der Waals surface area contributed by atoms with Gasteiger partial charge in [-0.2, -0.15) is 0 Å². The first-order chi connectivity index (χ1) is 0. The van der Waals surface area contributed by atoms with Gasteiger partial charge in [-0.25, -0.2) is 0 Å². The molecule has 20 valence electrons. The molecule has 0 amide bonds. The molecule has 0 saturated heterocycles. The Morgan fingerprint density at radius 2 is 1.00 bits per heavy atom. The molecule has 0 aliphatic carbocycles. The maximum absolute atomic E-state index is 0. The maximum Gasteiger partial charge on any atom is 0 e. The molecular weight excluding hydrogens is 109 g/mol. The van der Waals surface area contributed by atoms with Crippen LogP contribution in [0.1, 0.15) is 0 Å². The van der Waals surface area contributed by atoms with Crippen molar-refractivity contribution in [2.45, 2.75) is 0 Å². The molecule has 0 spiro atoms. The molecule has 0 fully saturated rings. The van der Waals surface area contributed by atoms with Crippen molar-refractivity contribution in [1.82, 2.24) is 6.15 Å². The molecule has 0 rings (SSSR count). The largest absolute Gasteiger partial charge is 0 e. The Labute approximate surface area is 42.2 Å². The van der Waals surface area contributed by atoms with Gasteiger partial charge in [-0.3, -0.25) is 0 Å². The Morgan fingerprint density at radius 3 is 1.00 bits per heavy atom. The average molecular weight is 109 g/mol. The summed E-state index contributed by atoms with van der Waals surface area (Å²) in [6, 6.07) is 0. The molecule has 0 aliphatic rings. The van der Waals surface area contributed by atoms with Gasteiger partial charge in [0.05, 0.1) is 0 Å². The van der Waals surface area contributed by atoms with Gasteiger partial charge in [0, 0.05) is 41.6 Å². The van der Waals surface area contributed by atoms with Gasteiger partial charge in [0.1, 0.15) is 0 Å².